The molecule has 2 rings (SSSR count). The monoisotopic (exact) mass is 255 g/mol. The van der Waals surface area contributed by atoms with Gasteiger partial charge in [-0.15, -0.1) is 11.3 Å². The van der Waals surface area contributed by atoms with Gasteiger partial charge in [-0.05, 0) is 43.3 Å². The number of carboxylic acids is 1. The number of aromatic carboxylic acids is 1. The Balaban J connectivity index is 2.05. The van der Waals surface area contributed by atoms with Crippen LogP contribution in [0.3, 0.4) is 0 Å². The lowest BCUT2D eigenvalue weighted by Gasteiger charge is -2.36. The van der Waals surface area contributed by atoms with Crippen molar-refractivity contribution < 1.29 is 15.0 Å². The number of aliphatic hydroxyl groups is 1. The number of nitrogens with zero attached hydrogens (tertiary/aromatic N) is 1. The number of likely N-dealkylation sites (tertiary alicyclic amines) is 1. The van der Waals surface area contributed by atoms with Crippen molar-refractivity contribution in [2.45, 2.75) is 31.9 Å². The van der Waals surface area contributed by atoms with Gasteiger partial charge in [-0.1, -0.05) is 0 Å². The number of thiophene rings is 1. The summed E-state index contributed by atoms with van der Waals surface area (Å²) in [4.78, 5) is 13.5. The lowest BCUT2D eigenvalue weighted by molar-refractivity contribution is -0.0181. The Kier molecular flexibility index (Phi) is 3.51. The van der Waals surface area contributed by atoms with Crippen LogP contribution in [0.4, 0.5) is 0 Å². The first-order chi connectivity index (χ1) is 7.98. The Hall–Kier alpha value is -0.910. The fraction of sp³-hybridized carbons (Fsp3) is 0.583. The third-order valence-electron chi connectivity index (χ3n) is 3.09. The minimum Gasteiger partial charge on any atom is -0.477 e. The highest BCUT2D eigenvalue weighted by Crippen LogP contribution is 2.24. The van der Waals surface area contributed by atoms with Gasteiger partial charge in [-0.2, -0.15) is 0 Å². The number of hydrogen-bond donors (Lipinski definition) is 2. The first-order valence-electron chi connectivity index (χ1n) is 5.72. The molecule has 4 nitrogen and oxygen atoms in total. The molecule has 0 amide bonds. The van der Waals surface area contributed by atoms with Crippen LogP contribution < -0.4 is 0 Å². The molecule has 94 valence electrons. The van der Waals surface area contributed by atoms with Crippen LogP contribution in [0, 0.1) is 0 Å². The third-order valence-corrected chi connectivity index (χ3v) is 4.03. The van der Waals surface area contributed by atoms with Crippen molar-refractivity contribution in [2.24, 2.45) is 0 Å². The minimum atomic E-state index is -0.862. The number of carbonyl (C=O) groups is 1. The van der Waals surface area contributed by atoms with E-state index in [1.807, 2.05) is 13.0 Å². The van der Waals surface area contributed by atoms with E-state index in [-0.39, 0.29) is 0 Å². The van der Waals surface area contributed by atoms with Crippen molar-refractivity contribution in [2.75, 3.05) is 13.1 Å². The summed E-state index contributed by atoms with van der Waals surface area (Å²) < 4.78 is 0. The van der Waals surface area contributed by atoms with Crippen LogP contribution in [0.15, 0.2) is 11.4 Å². The van der Waals surface area contributed by atoms with Crippen molar-refractivity contribution in [1.29, 1.82) is 0 Å². The van der Waals surface area contributed by atoms with Gasteiger partial charge in [0, 0.05) is 13.1 Å². The summed E-state index contributed by atoms with van der Waals surface area (Å²) in [7, 11) is 0. The number of rotatable bonds is 3. The second-order valence-electron chi connectivity index (χ2n) is 4.89. The van der Waals surface area contributed by atoms with Crippen molar-refractivity contribution in [3.05, 3.63) is 21.9 Å². The molecule has 1 aromatic heterocycles. The Morgan fingerprint density at radius 1 is 1.65 bits per heavy atom. The Morgan fingerprint density at radius 3 is 3.06 bits per heavy atom. The van der Waals surface area contributed by atoms with Gasteiger partial charge < -0.3 is 10.2 Å². The number of hydrogen-bond acceptors (Lipinski definition) is 4. The zero-order valence-corrected chi connectivity index (χ0v) is 10.7. The van der Waals surface area contributed by atoms with Gasteiger partial charge >= 0.3 is 5.97 Å². The summed E-state index contributed by atoms with van der Waals surface area (Å²) in [6, 6.07) is 1.86. The predicted molar refractivity (Wildman–Crippen MR) is 66.4 cm³/mol. The van der Waals surface area contributed by atoms with Crippen LogP contribution in [0.5, 0.6) is 0 Å². The summed E-state index contributed by atoms with van der Waals surface area (Å²) in [6.45, 7) is 3.99. The quantitative estimate of drug-likeness (QED) is 0.864. The Morgan fingerprint density at radius 2 is 2.41 bits per heavy atom. The van der Waals surface area contributed by atoms with Gasteiger partial charge in [-0.3, -0.25) is 4.90 Å². The number of piperidine rings is 1. The zero-order valence-electron chi connectivity index (χ0n) is 9.85. The highest BCUT2D eigenvalue weighted by atomic mass is 32.1. The topological polar surface area (TPSA) is 60.8 Å². The molecule has 1 atom stereocenters. The Labute approximate surface area is 104 Å². The van der Waals surface area contributed by atoms with Gasteiger partial charge in [0.15, 0.2) is 0 Å². The molecule has 0 radical (unpaired) electrons. The molecule has 5 heteroatoms. The van der Waals surface area contributed by atoms with Gasteiger partial charge in [0.2, 0.25) is 0 Å². The fourth-order valence-corrected chi connectivity index (χ4v) is 3.10. The molecule has 1 aliphatic heterocycles. The molecule has 1 aromatic rings. The lowest BCUT2D eigenvalue weighted by Crippen LogP contribution is -2.45. The summed E-state index contributed by atoms with van der Waals surface area (Å²) in [6.07, 6.45) is 1.78. The average Bonchev–Trinajstić information content (AvgIpc) is 2.64. The van der Waals surface area contributed by atoms with E-state index in [1.165, 1.54) is 11.3 Å². The SMILES string of the molecule is CC1(O)CCCN(Cc2ccsc2C(=O)O)C1. The van der Waals surface area contributed by atoms with Crippen LogP contribution in [-0.2, 0) is 6.54 Å². The molecule has 17 heavy (non-hydrogen) atoms. The number of carboxylic acid groups (broad SMARTS) is 1. The average molecular weight is 255 g/mol. The predicted octanol–water partition coefficient (Wildman–Crippen LogP) is 1.79. The van der Waals surface area contributed by atoms with E-state index in [0.29, 0.717) is 18.0 Å². The van der Waals surface area contributed by atoms with Crippen molar-refractivity contribution in [3.8, 4) is 0 Å². The zero-order chi connectivity index (χ0) is 12.5. The normalized spacial score (nSPS) is 26.0. The van der Waals surface area contributed by atoms with Gasteiger partial charge in [0.1, 0.15) is 4.88 Å². The maximum absolute atomic E-state index is 11.0. The summed E-state index contributed by atoms with van der Waals surface area (Å²) >= 11 is 1.26. The largest absolute Gasteiger partial charge is 0.477 e. The van der Waals surface area contributed by atoms with E-state index < -0.39 is 11.6 Å². The highest BCUT2D eigenvalue weighted by molar-refractivity contribution is 7.12. The standard InChI is InChI=1S/C12H17NO3S/c1-12(16)4-2-5-13(8-12)7-9-3-6-17-10(9)11(14)15/h3,6,16H,2,4-5,7-8H2,1H3,(H,14,15). The fourth-order valence-electron chi connectivity index (χ4n) is 2.35. The molecular weight excluding hydrogens is 238 g/mol. The van der Waals surface area contributed by atoms with Crippen LogP contribution in [-0.4, -0.2) is 39.8 Å². The second kappa shape index (κ2) is 4.76. The van der Waals surface area contributed by atoms with Crippen LogP contribution in [0.2, 0.25) is 0 Å². The third kappa shape index (κ3) is 3.06. The molecule has 0 aliphatic carbocycles. The van der Waals surface area contributed by atoms with E-state index in [0.717, 1.165) is 24.9 Å². The highest BCUT2D eigenvalue weighted by Gasteiger charge is 2.28. The van der Waals surface area contributed by atoms with E-state index in [2.05, 4.69) is 4.90 Å². The maximum atomic E-state index is 11.0. The number of β-amino-alcohol motifs (C(OH)–C–C–N with tert-alkyl or cyclic N) is 1. The first-order valence-corrected chi connectivity index (χ1v) is 6.60. The summed E-state index contributed by atoms with van der Waals surface area (Å²) in [5.41, 5.74) is 0.206. The summed E-state index contributed by atoms with van der Waals surface area (Å²) in [5, 5.41) is 20.8. The van der Waals surface area contributed by atoms with Gasteiger partial charge in [-0.25, -0.2) is 4.79 Å². The van der Waals surface area contributed by atoms with E-state index in [4.69, 9.17) is 5.11 Å². The molecule has 1 saturated heterocycles. The molecule has 0 saturated carbocycles. The molecule has 2 heterocycles. The molecule has 2 N–H and O–H groups in total. The molecule has 0 bridgehead atoms. The van der Waals surface area contributed by atoms with E-state index in [9.17, 15) is 9.90 Å². The Bertz CT molecular complexity index is 414. The molecule has 1 aliphatic rings. The summed E-state index contributed by atoms with van der Waals surface area (Å²) in [5.74, 6) is -0.862. The molecule has 1 unspecified atom stereocenters. The van der Waals surface area contributed by atoms with Gasteiger partial charge in [0.25, 0.3) is 0 Å². The molecule has 1 fully saturated rings. The smallest absolute Gasteiger partial charge is 0.346 e. The maximum Gasteiger partial charge on any atom is 0.346 e. The lowest BCUT2D eigenvalue weighted by atomic mass is 9.95. The van der Waals surface area contributed by atoms with Crippen LogP contribution in [0.25, 0.3) is 0 Å². The van der Waals surface area contributed by atoms with Crippen LogP contribution in [0.1, 0.15) is 35.0 Å². The minimum absolute atomic E-state index is 0.412. The molecular formula is C12H17NO3S. The molecule has 0 aromatic carbocycles. The molecule has 0 spiro atoms. The van der Waals surface area contributed by atoms with Crippen LogP contribution >= 0.6 is 11.3 Å². The van der Waals surface area contributed by atoms with E-state index >= 15 is 0 Å². The van der Waals surface area contributed by atoms with Gasteiger partial charge in [0.05, 0.1) is 5.60 Å². The second-order valence-corrected chi connectivity index (χ2v) is 5.81. The first kappa shape index (κ1) is 12.5. The van der Waals surface area contributed by atoms with Crippen molar-refractivity contribution >= 4 is 17.3 Å². The van der Waals surface area contributed by atoms with Crippen molar-refractivity contribution in [1.82, 2.24) is 4.90 Å². The van der Waals surface area contributed by atoms with Crippen molar-refractivity contribution in [3.63, 3.8) is 0 Å². The van der Waals surface area contributed by atoms with E-state index in [1.54, 1.807) is 5.38 Å².